The van der Waals surface area contributed by atoms with Gasteiger partial charge in [-0.1, -0.05) is 0 Å². The number of hydrogen-bond acceptors (Lipinski definition) is 4. The van der Waals surface area contributed by atoms with Gasteiger partial charge in [0.15, 0.2) is 0 Å². The highest BCUT2D eigenvalue weighted by atomic mass is 16.2. The molecular formula is C10H17N5O. The highest BCUT2D eigenvalue weighted by Crippen LogP contribution is 2.00. The van der Waals surface area contributed by atoms with Crippen LogP contribution in [0, 0.1) is 0 Å². The number of carbonyl (C=O) groups excluding carboxylic acids is 1. The largest absolute Gasteiger partial charge is 0.349 e. The predicted octanol–water partition coefficient (Wildman–Crippen LogP) is -1.07. The van der Waals surface area contributed by atoms with E-state index in [0.29, 0.717) is 13.1 Å². The summed E-state index contributed by atoms with van der Waals surface area (Å²) < 4.78 is 0. The number of nitrogens with zero attached hydrogens (tertiary/aromatic N) is 2. The molecule has 1 aliphatic heterocycles. The molecule has 0 spiro atoms. The van der Waals surface area contributed by atoms with Gasteiger partial charge in [0.05, 0.1) is 18.6 Å². The Balaban J connectivity index is 1.83. The molecule has 0 bridgehead atoms. The van der Waals surface area contributed by atoms with Gasteiger partial charge in [-0.3, -0.25) is 9.69 Å². The van der Waals surface area contributed by atoms with Crippen molar-refractivity contribution < 1.29 is 4.79 Å². The normalized spacial score (nSPS) is 21.9. The molecule has 1 aromatic heterocycles. The van der Waals surface area contributed by atoms with Crippen molar-refractivity contribution in [1.29, 1.82) is 0 Å². The van der Waals surface area contributed by atoms with E-state index in [-0.39, 0.29) is 11.9 Å². The van der Waals surface area contributed by atoms with E-state index < -0.39 is 0 Å². The Labute approximate surface area is 94.4 Å². The molecule has 2 rings (SSSR count). The Morgan fingerprint density at radius 2 is 2.62 bits per heavy atom. The molecule has 1 saturated heterocycles. The summed E-state index contributed by atoms with van der Waals surface area (Å²) in [5.41, 5.74) is 0.916. The minimum atomic E-state index is -0.0725. The van der Waals surface area contributed by atoms with Gasteiger partial charge in [0.2, 0.25) is 5.91 Å². The van der Waals surface area contributed by atoms with Gasteiger partial charge in [0.1, 0.15) is 6.04 Å². The molecule has 3 N–H and O–H groups in total. The molecule has 0 radical (unpaired) electrons. The fourth-order valence-corrected chi connectivity index (χ4v) is 1.78. The zero-order chi connectivity index (χ0) is 11.4. The third-order valence-corrected chi connectivity index (χ3v) is 2.82. The van der Waals surface area contributed by atoms with Crippen LogP contribution in [0.3, 0.4) is 0 Å². The highest BCUT2D eigenvalue weighted by molar-refractivity contribution is 5.82. The van der Waals surface area contributed by atoms with E-state index in [9.17, 15) is 4.79 Å². The van der Waals surface area contributed by atoms with Crippen LogP contribution in [0.15, 0.2) is 12.5 Å². The number of nitrogens with one attached hydrogen (secondary N) is 3. The standard InChI is InChI=1S/C10H17N5O/c1-15-3-2-11-6-9(15)10(16)13-5-8-4-12-7-14-8/h4,7,9,11H,2-3,5-6H2,1H3,(H,12,14)(H,13,16). The summed E-state index contributed by atoms with van der Waals surface area (Å²) in [6.45, 7) is 3.07. The molecule has 6 nitrogen and oxygen atoms in total. The van der Waals surface area contributed by atoms with Crippen LogP contribution in [0.1, 0.15) is 5.69 Å². The molecule has 0 aromatic carbocycles. The zero-order valence-electron chi connectivity index (χ0n) is 9.36. The van der Waals surface area contributed by atoms with E-state index >= 15 is 0 Å². The summed E-state index contributed by atoms with van der Waals surface area (Å²) in [4.78, 5) is 20.8. The Morgan fingerprint density at radius 3 is 3.31 bits per heavy atom. The van der Waals surface area contributed by atoms with Crippen LogP contribution in [-0.4, -0.2) is 53.5 Å². The molecule has 6 heteroatoms. The number of likely N-dealkylation sites (N-methyl/N-ethyl adjacent to an activating group) is 1. The summed E-state index contributed by atoms with van der Waals surface area (Å²) in [6.07, 6.45) is 3.32. The van der Waals surface area contributed by atoms with Gasteiger partial charge in [-0.2, -0.15) is 0 Å². The Bertz CT molecular complexity index is 337. The summed E-state index contributed by atoms with van der Waals surface area (Å²) in [6, 6.07) is -0.0725. The number of aromatic nitrogens is 2. The average molecular weight is 223 g/mol. The van der Waals surface area contributed by atoms with Crippen molar-refractivity contribution in [3.63, 3.8) is 0 Å². The maximum atomic E-state index is 11.9. The monoisotopic (exact) mass is 223 g/mol. The van der Waals surface area contributed by atoms with Crippen LogP contribution in [-0.2, 0) is 11.3 Å². The lowest BCUT2D eigenvalue weighted by molar-refractivity contribution is -0.126. The van der Waals surface area contributed by atoms with Gasteiger partial charge < -0.3 is 15.6 Å². The van der Waals surface area contributed by atoms with Crippen molar-refractivity contribution in [2.45, 2.75) is 12.6 Å². The van der Waals surface area contributed by atoms with Gasteiger partial charge in [0, 0.05) is 25.8 Å². The first-order valence-electron chi connectivity index (χ1n) is 5.43. The van der Waals surface area contributed by atoms with Crippen molar-refractivity contribution in [3.8, 4) is 0 Å². The van der Waals surface area contributed by atoms with E-state index in [2.05, 4.69) is 25.5 Å². The minimum absolute atomic E-state index is 0.0595. The van der Waals surface area contributed by atoms with Gasteiger partial charge in [-0.15, -0.1) is 0 Å². The Morgan fingerprint density at radius 1 is 1.75 bits per heavy atom. The second kappa shape index (κ2) is 5.09. The third-order valence-electron chi connectivity index (χ3n) is 2.82. The molecule has 1 aliphatic rings. The van der Waals surface area contributed by atoms with E-state index in [1.165, 1.54) is 0 Å². The Kier molecular flexibility index (Phi) is 3.53. The van der Waals surface area contributed by atoms with Crippen molar-refractivity contribution in [2.24, 2.45) is 0 Å². The first-order chi connectivity index (χ1) is 7.77. The fourth-order valence-electron chi connectivity index (χ4n) is 1.78. The zero-order valence-corrected chi connectivity index (χ0v) is 9.36. The van der Waals surface area contributed by atoms with Crippen LogP contribution >= 0.6 is 0 Å². The molecule has 1 aromatic rings. The number of imidazole rings is 1. The molecule has 88 valence electrons. The molecule has 1 fully saturated rings. The predicted molar refractivity (Wildman–Crippen MR) is 59.7 cm³/mol. The molecule has 1 unspecified atom stereocenters. The van der Waals surface area contributed by atoms with Crippen LogP contribution < -0.4 is 10.6 Å². The second-order valence-corrected chi connectivity index (χ2v) is 4.00. The SMILES string of the molecule is CN1CCNCC1C(=O)NCc1cnc[nH]1. The second-order valence-electron chi connectivity index (χ2n) is 4.00. The van der Waals surface area contributed by atoms with E-state index in [1.54, 1.807) is 12.5 Å². The number of piperazine rings is 1. The van der Waals surface area contributed by atoms with E-state index in [1.807, 2.05) is 7.05 Å². The number of carbonyl (C=O) groups is 1. The summed E-state index contributed by atoms with van der Waals surface area (Å²) in [5, 5.41) is 6.11. The number of rotatable bonds is 3. The third kappa shape index (κ3) is 2.59. The molecular weight excluding hydrogens is 206 g/mol. The lowest BCUT2D eigenvalue weighted by Gasteiger charge is -2.31. The molecule has 0 saturated carbocycles. The molecule has 1 amide bonds. The number of H-pyrrole nitrogens is 1. The lowest BCUT2D eigenvalue weighted by atomic mass is 10.2. The van der Waals surface area contributed by atoms with Gasteiger partial charge in [-0.05, 0) is 7.05 Å². The summed E-state index contributed by atoms with van der Waals surface area (Å²) in [7, 11) is 1.97. The topological polar surface area (TPSA) is 73.1 Å². The fraction of sp³-hybridized carbons (Fsp3) is 0.600. The van der Waals surface area contributed by atoms with E-state index in [0.717, 1.165) is 18.8 Å². The van der Waals surface area contributed by atoms with Gasteiger partial charge in [-0.25, -0.2) is 4.98 Å². The van der Waals surface area contributed by atoms with Crippen LogP contribution in [0.4, 0.5) is 0 Å². The van der Waals surface area contributed by atoms with Crippen molar-refractivity contribution in [1.82, 2.24) is 25.5 Å². The average Bonchev–Trinajstić information content (AvgIpc) is 2.79. The Hall–Kier alpha value is -1.40. The maximum Gasteiger partial charge on any atom is 0.238 e. The van der Waals surface area contributed by atoms with E-state index in [4.69, 9.17) is 0 Å². The number of aromatic amines is 1. The lowest BCUT2D eigenvalue weighted by Crippen LogP contribution is -2.56. The van der Waals surface area contributed by atoms with Crippen molar-refractivity contribution in [2.75, 3.05) is 26.7 Å². The number of amides is 1. The number of hydrogen-bond donors (Lipinski definition) is 3. The van der Waals surface area contributed by atoms with Crippen LogP contribution in [0.5, 0.6) is 0 Å². The van der Waals surface area contributed by atoms with Gasteiger partial charge >= 0.3 is 0 Å². The molecule has 1 atom stereocenters. The summed E-state index contributed by atoms with van der Waals surface area (Å²) >= 11 is 0. The molecule has 16 heavy (non-hydrogen) atoms. The highest BCUT2D eigenvalue weighted by Gasteiger charge is 2.25. The summed E-state index contributed by atoms with van der Waals surface area (Å²) in [5.74, 6) is 0.0595. The van der Waals surface area contributed by atoms with Crippen LogP contribution in [0.25, 0.3) is 0 Å². The smallest absolute Gasteiger partial charge is 0.238 e. The molecule has 2 heterocycles. The first-order valence-corrected chi connectivity index (χ1v) is 5.43. The van der Waals surface area contributed by atoms with Gasteiger partial charge in [0.25, 0.3) is 0 Å². The first kappa shape index (κ1) is 11.1. The quantitative estimate of drug-likeness (QED) is 0.610. The van der Waals surface area contributed by atoms with Crippen molar-refractivity contribution >= 4 is 5.91 Å². The molecule has 0 aliphatic carbocycles. The minimum Gasteiger partial charge on any atom is -0.349 e. The van der Waals surface area contributed by atoms with Crippen molar-refractivity contribution in [3.05, 3.63) is 18.2 Å². The van der Waals surface area contributed by atoms with Crippen LogP contribution in [0.2, 0.25) is 0 Å². The maximum absolute atomic E-state index is 11.9.